The average Bonchev–Trinajstić information content (AvgIpc) is 2.68. The SMILES string of the molecule is C=C(/C=C(\C)F)CNC(=C)/C=C\C=C(/C)c1cc(NC2CCCCC2)ncc1C. The van der Waals surface area contributed by atoms with E-state index in [0.29, 0.717) is 18.2 Å². The van der Waals surface area contributed by atoms with Crippen LogP contribution in [0.15, 0.2) is 66.8 Å². The van der Waals surface area contributed by atoms with Gasteiger partial charge in [-0.25, -0.2) is 9.37 Å². The van der Waals surface area contributed by atoms with Crippen molar-refractivity contribution in [2.75, 3.05) is 11.9 Å². The first-order valence-corrected chi connectivity index (χ1v) is 10.4. The lowest BCUT2D eigenvalue weighted by Gasteiger charge is -2.23. The quantitative estimate of drug-likeness (QED) is 0.461. The highest BCUT2D eigenvalue weighted by atomic mass is 19.1. The van der Waals surface area contributed by atoms with Crippen molar-refractivity contribution in [2.24, 2.45) is 0 Å². The zero-order valence-electron chi connectivity index (χ0n) is 18.0. The van der Waals surface area contributed by atoms with Crippen LogP contribution in [0.1, 0.15) is 57.1 Å². The van der Waals surface area contributed by atoms with Gasteiger partial charge in [-0.1, -0.05) is 44.6 Å². The second-order valence-corrected chi connectivity index (χ2v) is 7.84. The van der Waals surface area contributed by atoms with Gasteiger partial charge in [-0.2, -0.15) is 0 Å². The molecule has 4 heteroatoms. The second kappa shape index (κ2) is 11.4. The summed E-state index contributed by atoms with van der Waals surface area (Å²) < 4.78 is 12.8. The van der Waals surface area contributed by atoms with E-state index in [0.717, 1.165) is 17.1 Å². The molecule has 1 aromatic rings. The molecule has 1 aliphatic carbocycles. The highest BCUT2D eigenvalue weighted by molar-refractivity contribution is 5.69. The Morgan fingerprint density at radius 3 is 2.66 bits per heavy atom. The van der Waals surface area contributed by atoms with Gasteiger partial charge in [-0.05, 0) is 74.1 Å². The molecule has 3 nitrogen and oxygen atoms in total. The molecule has 1 aliphatic rings. The number of pyridine rings is 1. The minimum atomic E-state index is -0.249. The summed E-state index contributed by atoms with van der Waals surface area (Å²) >= 11 is 0. The van der Waals surface area contributed by atoms with E-state index in [2.05, 4.69) is 54.8 Å². The molecule has 0 unspecified atom stereocenters. The molecule has 1 aromatic heterocycles. The number of allylic oxidation sites excluding steroid dienone is 5. The number of aryl methyl sites for hydroxylation is 1. The Balaban J connectivity index is 1.96. The molecule has 156 valence electrons. The Morgan fingerprint density at radius 2 is 1.97 bits per heavy atom. The molecule has 0 atom stereocenters. The summed E-state index contributed by atoms with van der Waals surface area (Å²) in [6.07, 6.45) is 15.7. The third-order valence-corrected chi connectivity index (χ3v) is 5.07. The van der Waals surface area contributed by atoms with Crippen molar-refractivity contribution in [2.45, 2.75) is 58.9 Å². The zero-order chi connectivity index (χ0) is 21.2. The molecule has 2 N–H and O–H groups in total. The molecular formula is C25H34FN3. The van der Waals surface area contributed by atoms with Gasteiger partial charge >= 0.3 is 0 Å². The van der Waals surface area contributed by atoms with E-state index in [1.165, 1.54) is 56.2 Å². The van der Waals surface area contributed by atoms with Crippen LogP contribution in [0.25, 0.3) is 5.57 Å². The van der Waals surface area contributed by atoms with Gasteiger partial charge in [-0.15, -0.1) is 0 Å². The van der Waals surface area contributed by atoms with Crippen LogP contribution in [-0.2, 0) is 0 Å². The summed E-state index contributed by atoms with van der Waals surface area (Å²) in [7, 11) is 0. The molecule has 1 fully saturated rings. The molecule has 29 heavy (non-hydrogen) atoms. The average molecular weight is 396 g/mol. The number of nitrogens with zero attached hydrogens (tertiary/aromatic N) is 1. The number of anilines is 1. The van der Waals surface area contributed by atoms with Gasteiger partial charge < -0.3 is 10.6 Å². The topological polar surface area (TPSA) is 37.0 Å². The molecule has 0 amide bonds. The van der Waals surface area contributed by atoms with Gasteiger partial charge in [0.1, 0.15) is 5.82 Å². The van der Waals surface area contributed by atoms with Crippen LogP contribution < -0.4 is 10.6 Å². The number of hydrogen-bond acceptors (Lipinski definition) is 3. The maximum atomic E-state index is 12.8. The second-order valence-electron chi connectivity index (χ2n) is 7.84. The number of halogens is 1. The molecule has 0 spiro atoms. The van der Waals surface area contributed by atoms with E-state index < -0.39 is 0 Å². The number of hydrogen-bond donors (Lipinski definition) is 2. The molecule has 1 heterocycles. The summed E-state index contributed by atoms with van der Waals surface area (Å²) in [5, 5.41) is 6.72. The minimum Gasteiger partial charge on any atom is -0.381 e. The van der Waals surface area contributed by atoms with E-state index in [4.69, 9.17) is 0 Å². The molecule has 0 aromatic carbocycles. The molecule has 0 aliphatic heterocycles. The maximum Gasteiger partial charge on any atom is 0.126 e. The van der Waals surface area contributed by atoms with E-state index >= 15 is 0 Å². The van der Waals surface area contributed by atoms with Crippen molar-refractivity contribution < 1.29 is 4.39 Å². The third kappa shape index (κ3) is 8.10. The summed E-state index contributed by atoms with van der Waals surface area (Å²) in [6.45, 7) is 13.8. The first kappa shape index (κ1) is 22.7. The summed E-state index contributed by atoms with van der Waals surface area (Å²) in [5.74, 6) is 0.705. The van der Waals surface area contributed by atoms with Crippen LogP contribution in [0.2, 0.25) is 0 Å². The molecular weight excluding hydrogens is 361 g/mol. The van der Waals surface area contributed by atoms with E-state index in [1.807, 2.05) is 18.3 Å². The lowest BCUT2D eigenvalue weighted by Crippen LogP contribution is -2.22. The highest BCUT2D eigenvalue weighted by Gasteiger charge is 2.14. The maximum absolute atomic E-state index is 12.8. The zero-order valence-corrected chi connectivity index (χ0v) is 18.0. The molecule has 0 radical (unpaired) electrons. The highest BCUT2D eigenvalue weighted by Crippen LogP contribution is 2.24. The first-order valence-electron chi connectivity index (χ1n) is 10.4. The van der Waals surface area contributed by atoms with Crippen LogP contribution in [0.3, 0.4) is 0 Å². The standard InChI is InChI=1S/C25H34FN3/c1-18(14-21(4)26)16-27-22(5)11-9-10-19(2)24-15-25(28-17-20(24)3)29-23-12-7-6-8-13-23/h9-11,14-15,17,23,27H,1,5-8,12-13,16H2,2-4H3,(H,28,29)/b11-9-,19-10+,21-14+. The van der Waals surface area contributed by atoms with Gasteiger partial charge in [-0.3, -0.25) is 0 Å². The fraction of sp³-hybridized carbons (Fsp3) is 0.400. The first-order chi connectivity index (χ1) is 13.8. The predicted molar refractivity (Wildman–Crippen MR) is 123 cm³/mol. The van der Waals surface area contributed by atoms with Crippen LogP contribution in [0.4, 0.5) is 10.2 Å². The predicted octanol–water partition coefficient (Wildman–Crippen LogP) is 6.63. The number of aromatic nitrogens is 1. The van der Waals surface area contributed by atoms with Crippen molar-refractivity contribution in [3.63, 3.8) is 0 Å². The van der Waals surface area contributed by atoms with Crippen LogP contribution in [0, 0.1) is 6.92 Å². The van der Waals surface area contributed by atoms with E-state index in [9.17, 15) is 4.39 Å². The lowest BCUT2D eigenvalue weighted by molar-refractivity contribution is 0.462. The lowest BCUT2D eigenvalue weighted by atomic mass is 9.95. The van der Waals surface area contributed by atoms with Crippen LogP contribution in [0.5, 0.6) is 0 Å². The fourth-order valence-electron chi connectivity index (χ4n) is 3.50. The molecule has 0 saturated heterocycles. The monoisotopic (exact) mass is 395 g/mol. The molecule has 0 bridgehead atoms. The fourth-order valence-corrected chi connectivity index (χ4v) is 3.50. The minimum absolute atomic E-state index is 0.249. The Kier molecular flexibility index (Phi) is 8.91. The number of nitrogens with one attached hydrogen (secondary N) is 2. The van der Waals surface area contributed by atoms with Crippen LogP contribution in [-0.4, -0.2) is 17.6 Å². The largest absolute Gasteiger partial charge is 0.381 e. The van der Waals surface area contributed by atoms with Crippen molar-refractivity contribution in [1.82, 2.24) is 10.3 Å². The Labute approximate surface area is 175 Å². The smallest absolute Gasteiger partial charge is 0.126 e. The van der Waals surface area contributed by atoms with E-state index in [-0.39, 0.29) is 5.83 Å². The van der Waals surface area contributed by atoms with Crippen molar-refractivity contribution in [3.05, 3.63) is 77.9 Å². The molecule has 1 saturated carbocycles. The Morgan fingerprint density at radius 1 is 1.24 bits per heavy atom. The Bertz CT molecular complexity index is 807. The van der Waals surface area contributed by atoms with Gasteiger partial charge in [0.25, 0.3) is 0 Å². The van der Waals surface area contributed by atoms with Crippen molar-refractivity contribution in [3.8, 4) is 0 Å². The Hall–Kier alpha value is -2.62. The molecule has 2 rings (SSSR count). The van der Waals surface area contributed by atoms with Crippen molar-refractivity contribution >= 4 is 11.4 Å². The van der Waals surface area contributed by atoms with Gasteiger partial charge in [0.15, 0.2) is 0 Å². The third-order valence-electron chi connectivity index (χ3n) is 5.07. The van der Waals surface area contributed by atoms with Crippen molar-refractivity contribution in [1.29, 1.82) is 0 Å². The summed E-state index contributed by atoms with van der Waals surface area (Å²) in [6, 6.07) is 2.68. The van der Waals surface area contributed by atoms with Gasteiger partial charge in [0.2, 0.25) is 0 Å². The van der Waals surface area contributed by atoms with E-state index in [1.54, 1.807) is 0 Å². The van der Waals surface area contributed by atoms with Crippen LogP contribution >= 0.6 is 0 Å². The van der Waals surface area contributed by atoms with Gasteiger partial charge in [0, 0.05) is 24.5 Å². The number of rotatable bonds is 9. The summed E-state index contributed by atoms with van der Waals surface area (Å²) in [4.78, 5) is 4.57. The normalized spacial score (nSPS) is 16.1. The summed E-state index contributed by atoms with van der Waals surface area (Å²) in [5.41, 5.74) is 4.95. The van der Waals surface area contributed by atoms with Gasteiger partial charge in [0.05, 0.1) is 5.83 Å².